The lowest BCUT2D eigenvalue weighted by atomic mass is 9.97. The number of nitrogens with one attached hydrogen (secondary N) is 1. The van der Waals surface area contributed by atoms with Crippen molar-refractivity contribution in [3.8, 4) is 0 Å². The predicted octanol–water partition coefficient (Wildman–Crippen LogP) is 2.95. The molecule has 0 aliphatic carbocycles. The van der Waals surface area contributed by atoms with Gasteiger partial charge in [-0.05, 0) is 43.5 Å². The highest BCUT2D eigenvalue weighted by Crippen LogP contribution is 2.24. The van der Waals surface area contributed by atoms with Crippen LogP contribution in [0.25, 0.3) is 0 Å². The van der Waals surface area contributed by atoms with Gasteiger partial charge >= 0.3 is 0 Å². The van der Waals surface area contributed by atoms with Gasteiger partial charge in [-0.2, -0.15) is 0 Å². The third-order valence-electron chi connectivity index (χ3n) is 2.91. The molecule has 1 nitrogen and oxygen atoms in total. The molecule has 0 saturated carbocycles. The molecule has 2 heteroatoms. The summed E-state index contributed by atoms with van der Waals surface area (Å²) in [7, 11) is 0. The summed E-state index contributed by atoms with van der Waals surface area (Å²) in [6.45, 7) is 2.85. The Bertz CT molecular complexity index is 316. The number of hydrogen-bond donors (Lipinski definition) is 1. The second-order valence-corrected chi connectivity index (χ2v) is 4.01. The van der Waals surface area contributed by atoms with Crippen molar-refractivity contribution < 1.29 is 4.39 Å². The molecule has 1 fully saturated rings. The minimum absolute atomic E-state index is 0.0881. The molecule has 0 amide bonds. The maximum atomic E-state index is 13.3. The summed E-state index contributed by atoms with van der Waals surface area (Å²) in [6, 6.07) is 5.92. The van der Waals surface area contributed by atoms with Gasteiger partial charge in [-0.3, -0.25) is 0 Å². The van der Waals surface area contributed by atoms with Crippen LogP contribution in [0.1, 0.15) is 36.4 Å². The Balaban J connectivity index is 2.18. The third kappa shape index (κ3) is 1.95. The number of piperidine rings is 1. The smallest absolute Gasteiger partial charge is 0.126 e. The van der Waals surface area contributed by atoms with Crippen LogP contribution < -0.4 is 5.32 Å². The Morgan fingerprint density at radius 1 is 1.36 bits per heavy atom. The Hall–Kier alpha value is -0.890. The van der Waals surface area contributed by atoms with Crippen LogP contribution in [0, 0.1) is 12.7 Å². The summed E-state index contributed by atoms with van der Waals surface area (Å²) in [5.41, 5.74) is 1.82. The van der Waals surface area contributed by atoms with Crippen LogP contribution in [-0.2, 0) is 0 Å². The Kier molecular flexibility index (Phi) is 2.82. The van der Waals surface area contributed by atoms with E-state index in [1.165, 1.54) is 12.8 Å². The highest BCUT2D eigenvalue weighted by Gasteiger charge is 2.15. The lowest BCUT2D eigenvalue weighted by Crippen LogP contribution is -2.26. The molecule has 1 aromatic carbocycles. The molecule has 1 heterocycles. The van der Waals surface area contributed by atoms with Crippen LogP contribution >= 0.6 is 0 Å². The Morgan fingerprint density at radius 2 is 2.21 bits per heavy atom. The van der Waals surface area contributed by atoms with Gasteiger partial charge in [-0.15, -0.1) is 0 Å². The van der Waals surface area contributed by atoms with E-state index >= 15 is 0 Å². The van der Waals surface area contributed by atoms with Crippen molar-refractivity contribution in [1.29, 1.82) is 0 Å². The van der Waals surface area contributed by atoms with Gasteiger partial charge in [0.2, 0.25) is 0 Å². The highest BCUT2D eigenvalue weighted by atomic mass is 19.1. The molecule has 1 saturated heterocycles. The number of aryl methyl sites for hydroxylation is 1. The fraction of sp³-hybridized carbons (Fsp3) is 0.500. The fourth-order valence-electron chi connectivity index (χ4n) is 1.96. The van der Waals surface area contributed by atoms with E-state index in [4.69, 9.17) is 0 Å². The molecule has 1 atom stereocenters. The molecular weight excluding hydrogens is 177 g/mol. The number of benzene rings is 1. The minimum atomic E-state index is -0.0881. The first-order valence-electron chi connectivity index (χ1n) is 5.27. The summed E-state index contributed by atoms with van der Waals surface area (Å²) in [4.78, 5) is 0. The first kappa shape index (κ1) is 9.66. The molecule has 76 valence electrons. The van der Waals surface area contributed by atoms with E-state index in [-0.39, 0.29) is 5.82 Å². The van der Waals surface area contributed by atoms with Gasteiger partial charge in [0.15, 0.2) is 0 Å². The van der Waals surface area contributed by atoms with Crippen LogP contribution in [0.3, 0.4) is 0 Å². The molecule has 0 spiro atoms. The summed E-state index contributed by atoms with van der Waals surface area (Å²) in [5.74, 6) is -0.0881. The SMILES string of the molecule is Cc1ccc([C@@H]2CCCCN2)cc1F. The van der Waals surface area contributed by atoms with E-state index in [0.717, 1.165) is 24.1 Å². The first-order chi connectivity index (χ1) is 6.77. The Morgan fingerprint density at radius 3 is 2.86 bits per heavy atom. The average Bonchev–Trinajstić information content (AvgIpc) is 2.23. The minimum Gasteiger partial charge on any atom is -0.310 e. The van der Waals surface area contributed by atoms with Crippen molar-refractivity contribution >= 4 is 0 Å². The van der Waals surface area contributed by atoms with Gasteiger partial charge in [-0.1, -0.05) is 18.6 Å². The van der Waals surface area contributed by atoms with Crippen molar-refractivity contribution in [3.63, 3.8) is 0 Å². The quantitative estimate of drug-likeness (QED) is 0.723. The largest absolute Gasteiger partial charge is 0.310 e. The van der Waals surface area contributed by atoms with Crippen LogP contribution in [0.2, 0.25) is 0 Å². The first-order valence-corrected chi connectivity index (χ1v) is 5.27. The van der Waals surface area contributed by atoms with Gasteiger partial charge < -0.3 is 5.32 Å². The summed E-state index contributed by atoms with van der Waals surface area (Å²) < 4.78 is 13.3. The van der Waals surface area contributed by atoms with E-state index < -0.39 is 0 Å². The van der Waals surface area contributed by atoms with Gasteiger partial charge in [0, 0.05) is 6.04 Å². The Labute approximate surface area is 84.3 Å². The van der Waals surface area contributed by atoms with Crippen molar-refractivity contribution in [2.45, 2.75) is 32.2 Å². The van der Waals surface area contributed by atoms with Crippen molar-refractivity contribution in [2.24, 2.45) is 0 Å². The lowest BCUT2D eigenvalue weighted by molar-refractivity contribution is 0.411. The molecule has 0 aromatic heterocycles. The monoisotopic (exact) mass is 193 g/mol. The van der Waals surface area contributed by atoms with E-state index in [1.807, 2.05) is 12.1 Å². The molecule has 14 heavy (non-hydrogen) atoms. The second-order valence-electron chi connectivity index (χ2n) is 4.01. The fourth-order valence-corrected chi connectivity index (χ4v) is 1.96. The number of halogens is 1. The van der Waals surface area contributed by atoms with Crippen LogP contribution in [0.15, 0.2) is 18.2 Å². The maximum Gasteiger partial charge on any atom is 0.126 e. The zero-order valence-corrected chi connectivity index (χ0v) is 8.52. The number of hydrogen-bond acceptors (Lipinski definition) is 1. The molecule has 1 aliphatic rings. The number of rotatable bonds is 1. The van der Waals surface area contributed by atoms with Crippen molar-refractivity contribution in [1.82, 2.24) is 5.32 Å². The molecule has 1 aliphatic heterocycles. The molecule has 0 bridgehead atoms. The summed E-state index contributed by atoms with van der Waals surface area (Å²) in [6.07, 6.45) is 3.61. The van der Waals surface area contributed by atoms with E-state index in [0.29, 0.717) is 6.04 Å². The molecule has 1 aromatic rings. The second kappa shape index (κ2) is 4.09. The van der Waals surface area contributed by atoms with Crippen molar-refractivity contribution in [3.05, 3.63) is 35.1 Å². The van der Waals surface area contributed by atoms with Crippen LogP contribution in [0.4, 0.5) is 4.39 Å². The lowest BCUT2D eigenvalue weighted by Gasteiger charge is -2.24. The van der Waals surface area contributed by atoms with Gasteiger partial charge in [0.1, 0.15) is 5.82 Å². The molecule has 2 rings (SSSR count). The maximum absolute atomic E-state index is 13.3. The molecule has 0 radical (unpaired) electrons. The van der Waals surface area contributed by atoms with Gasteiger partial charge in [0.25, 0.3) is 0 Å². The van der Waals surface area contributed by atoms with E-state index in [9.17, 15) is 4.39 Å². The van der Waals surface area contributed by atoms with Gasteiger partial charge in [0.05, 0.1) is 0 Å². The molecule has 1 N–H and O–H groups in total. The zero-order chi connectivity index (χ0) is 9.97. The standard InChI is InChI=1S/C12H16FN/c1-9-5-6-10(8-11(9)13)12-4-2-3-7-14-12/h5-6,8,12,14H,2-4,7H2,1H3/t12-/m0/s1. The summed E-state index contributed by atoms with van der Waals surface area (Å²) >= 11 is 0. The van der Waals surface area contributed by atoms with Crippen molar-refractivity contribution in [2.75, 3.05) is 6.54 Å². The summed E-state index contributed by atoms with van der Waals surface area (Å²) in [5, 5.41) is 3.42. The average molecular weight is 193 g/mol. The van der Waals surface area contributed by atoms with Crippen LogP contribution in [-0.4, -0.2) is 6.54 Å². The topological polar surface area (TPSA) is 12.0 Å². The van der Waals surface area contributed by atoms with E-state index in [2.05, 4.69) is 5.32 Å². The normalized spacial score (nSPS) is 22.3. The zero-order valence-electron chi connectivity index (χ0n) is 8.52. The molecular formula is C12H16FN. The van der Waals surface area contributed by atoms with Crippen LogP contribution in [0.5, 0.6) is 0 Å². The highest BCUT2D eigenvalue weighted by molar-refractivity contribution is 5.26. The van der Waals surface area contributed by atoms with E-state index in [1.54, 1.807) is 13.0 Å². The van der Waals surface area contributed by atoms with Gasteiger partial charge in [-0.25, -0.2) is 4.39 Å². The molecule has 0 unspecified atom stereocenters. The predicted molar refractivity (Wildman–Crippen MR) is 55.7 cm³/mol. The third-order valence-corrected chi connectivity index (χ3v) is 2.91.